The molecule has 0 aliphatic rings. The van der Waals surface area contributed by atoms with Crippen LogP contribution in [0.1, 0.15) is 5.56 Å². The Morgan fingerprint density at radius 3 is 2.81 bits per heavy atom. The Morgan fingerprint density at radius 1 is 1.27 bits per heavy atom. The summed E-state index contributed by atoms with van der Waals surface area (Å²) in [4.78, 5) is 12.2. The third kappa shape index (κ3) is 4.05. The van der Waals surface area contributed by atoms with Crippen LogP contribution in [-0.2, 0) is 11.8 Å². The van der Waals surface area contributed by atoms with Gasteiger partial charge in [0.15, 0.2) is 11.0 Å². The molecule has 0 saturated heterocycles. The van der Waals surface area contributed by atoms with E-state index >= 15 is 0 Å². The maximum Gasteiger partial charge on any atom is 0.234 e. The molecule has 26 heavy (non-hydrogen) atoms. The van der Waals surface area contributed by atoms with Gasteiger partial charge in [-0.2, -0.15) is 0 Å². The lowest BCUT2D eigenvalue weighted by atomic mass is 10.2. The lowest BCUT2D eigenvalue weighted by molar-refractivity contribution is -0.113. The van der Waals surface area contributed by atoms with Crippen molar-refractivity contribution in [1.82, 2.24) is 14.8 Å². The number of benzene rings is 2. The third-order valence-corrected chi connectivity index (χ3v) is 5.11. The van der Waals surface area contributed by atoms with Gasteiger partial charge in [-0.25, -0.2) is 4.39 Å². The maximum absolute atomic E-state index is 13.3. The van der Waals surface area contributed by atoms with E-state index in [1.165, 1.54) is 23.9 Å². The second-order valence-corrected chi connectivity index (χ2v) is 6.99. The first-order chi connectivity index (χ1) is 12.5. The number of hydrogen-bond acceptors (Lipinski definition) is 4. The number of aryl methyl sites for hydroxylation is 1. The van der Waals surface area contributed by atoms with Gasteiger partial charge in [0.1, 0.15) is 5.82 Å². The number of carbonyl (C=O) groups is 1. The largest absolute Gasteiger partial charge is 0.325 e. The van der Waals surface area contributed by atoms with Crippen LogP contribution in [-0.4, -0.2) is 26.4 Å². The summed E-state index contributed by atoms with van der Waals surface area (Å²) in [7, 11) is 1.82. The minimum Gasteiger partial charge on any atom is -0.325 e. The van der Waals surface area contributed by atoms with E-state index < -0.39 is 5.82 Å². The number of aromatic nitrogens is 3. The van der Waals surface area contributed by atoms with Gasteiger partial charge in [-0.3, -0.25) is 4.79 Å². The number of nitrogens with zero attached hydrogens (tertiary/aromatic N) is 3. The Labute approximate surface area is 159 Å². The molecule has 0 unspecified atom stereocenters. The third-order valence-electron chi connectivity index (χ3n) is 3.76. The Kier molecular flexibility index (Phi) is 5.58. The van der Waals surface area contributed by atoms with Crippen molar-refractivity contribution in [1.29, 1.82) is 0 Å². The van der Waals surface area contributed by atoms with Crippen LogP contribution in [0.2, 0.25) is 5.02 Å². The molecule has 0 saturated carbocycles. The molecule has 5 nitrogen and oxygen atoms in total. The van der Waals surface area contributed by atoms with E-state index in [9.17, 15) is 9.18 Å². The van der Waals surface area contributed by atoms with Crippen LogP contribution in [0.25, 0.3) is 11.4 Å². The van der Waals surface area contributed by atoms with Crippen molar-refractivity contribution in [2.75, 3.05) is 11.1 Å². The van der Waals surface area contributed by atoms with E-state index in [2.05, 4.69) is 15.5 Å². The fourth-order valence-electron chi connectivity index (χ4n) is 2.36. The predicted octanol–water partition coefficient (Wildman–Crippen LogP) is 4.31. The summed E-state index contributed by atoms with van der Waals surface area (Å²) in [5.74, 6) is 0.117. The van der Waals surface area contributed by atoms with Crippen molar-refractivity contribution in [3.05, 3.63) is 58.9 Å². The Balaban J connectivity index is 1.68. The van der Waals surface area contributed by atoms with E-state index in [1.807, 2.05) is 25.2 Å². The Hall–Kier alpha value is -2.38. The molecular weight excluding hydrogens is 375 g/mol. The number of rotatable bonds is 5. The zero-order valence-electron chi connectivity index (χ0n) is 14.2. The van der Waals surface area contributed by atoms with Crippen molar-refractivity contribution in [2.24, 2.45) is 7.05 Å². The molecule has 0 fully saturated rings. The van der Waals surface area contributed by atoms with Crippen molar-refractivity contribution >= 4 is 35.0 Å². The molecule has 3 rings (SSSR count). The van der Waals surface area contributed by atoms with Crippen molar-refractivity contribution in [3.63, 3.8) is 0 Å². The lowest BCUT2D eigenvalue weighted by Crippen LogP contribution is -2.15. The normalized spacial score (nSPS) is 10.8. The van der Waals surface area contributed by atoms with Crippen LogP contribution in [0.15, 0.2) is 47.6 Å². The van der Waals surface area contributed by atoms with Crippen LogP contribution < -0.4 is 5.32 Å². The fourth-order valence-corrected chi connectivity index (χ4v) is 3.29. The van der Waals surface area contributed by atoms with Gasteiger partial charge >= 0.3 is 0 Å². The highest BCUT2D eigenvalue weighted by Gasteiger charge is 2.15. The average molecular weight is 391 g/mol. The van der Waals surface area contributed by atoms with Gasteiger partial charge in [0.05, 0.1) is 10.8 Å². The van der Waals surface area contributed by atoms with Gasteiger partial charge in [0.2, 0.25) is 5.91 Å². The first kappa shape index (κ1) is 18.4. The predicted molar refractivity (Wildman–Crippen MR) is 102 cm³/mol. The smallest absolute Gasteiger partial charge is 0.234 e. The molecule has 0 atom stereocenters. The Morgan fingerprint density at radius 2 is 2.04 bits per heavy atom. The monoisotopic (exact) mass is 390 g/mol. The fraction of sp³-hybridized carbons (Fsp3) is 0.167. The molecule has 134 valence electrons. The number of anilines is 1. The zero-order chi connectivity index (χ0) is 18.7. The molecular formula is C18H16ClFN4OS. The van der Waals surface area contributed by atoms with Crippen LogP contribution in [0.4, 0.5) is 10.1 Å². The second kappa shape index (κ2) is 7.88. The standard InChI is InChI=1S/C18H16ClFN4OS/c1-11-7-8-12(20)9-15(11)21-16(25)10-26-18-23-22-17(24(18)2)13-5-3-4-6-14(13)19/h3-9H,10H2,1-2H3,(H,21,25). The summed E-state index contributed by atoms with van der Waals surface area (Å²) >= 11 is 7.45. The zero-order valence-corrected chi connectivity index (χ0v) is 15.7. The summed E-state index contributed by atoms with van der Waals surface area (Å²) in [5, 5.41) is 12.2. The molecule has 0 radical (unpaired) electrons. The van der Waals surface area contributed by atoms with Gasteiger partial charge in [0.25, 0.3) is 0 Å². The van der Waals surface area contributed by atoms with Crippen molar-refractivity contribution in [2.45, 2.75) is 12.1 Å². The SMILES string of the molecule is Cc1ccc(F)cc1NC(=O)CSc1nnc(-c2ccccc2Cl)n1C. The molecule has 1 N–H and O–H groups in total. The maximum atomic E-state index is 13.3. The number of amides is 1. The quantitative estimate of drug-likeness (QED) is 0.659. The number of halogens is 2. The number of thioether (sulfide) groups is 1. The van der Waals surface area contributed by atoms with E-state index in [0.29, 0.717) is 21.7 Å². The molecule has 0 bridgehead atoms. The van der Waals surface area contributed by atoms with Crippen LogP contribution in [0, 0.1) is 12.7 Å². The van der Waals surface area contributed by atoms with Crippen molar-refractivity contribution < 1.29 is 9.18 Å². The number of carbonyl (C=O) groups excluding carboxylic acids is 1. The highest BCUT2D eigenvalue weighted by atomic mass is 35.5. The summed E-state index contributed by atoms with van der Waals surface area (Å²) in [5.41, 5.74) is 2.03. The van der Waals surface area contributed by atoms with E-state index in [4.69, 9.17) is 11.6 Å². The summed E-state index contributed by atoms with van der Waals surface area (Å²) in [6.45, 7) is 1.81. The second-order valence-electron chi connectivity index (χ2n) is 5.64. The molecule has 3 aromatic rings. The van der Waals surface area contributed by atoms with Crippen LogP contribution in [0.3, 0.4) is 0 Å². The number of nitrogens with one attached hydrogen (secondary N) is 1. The molecule has 0 aliphatic carbocycles. The molecule has 8 heteroatoms. The van der Waals surface area contributed by atoms with E-state index in [1.54, 1.807) is 23.6 Å². The summed E-state index contributed by atoms with van der Waals surface area (Å²) in [6, 6.07) is 11.6. The van der Waals surface area contributed by atoms with Gasteiger partial charge in [-0.1, -0.05) is 41.6 Å². The highest BCUT2D eigenvalue weighted by molar-refractivity contribution is 7.99. The molecule has 0 aliphatic heterocycles. The minimum atomic E-state index is -0.392. The van der Waals surface area contributed by atoms with Gasteiger partial charge in [-0.05, 0) is 36.8 Å². The average Bonchev–Trinajstić information content (AvgIpc) is 2.97. The topological polar surface area (TPSA) is 59.8 Å². The molecule has 1 heterocycles. The van der Waals surface area contributed by atoms with Gasteiger partial charge in [-0.15, -0.1) is 10.2 Å². The molecule has 1 aromatic heterocycles. The minimum absolute atomic E-state index is 0.129. The first-order valence-corrected chi connectivity index (χ1v) is 9.15. The van der Waals surface area contributed by atoms with E-state index in [0.717, 1.165) is 11.1 Å². The summed E-state index contributed by atoms with van der Waals surface area (Å²) in [6.07, 6.45) is 0. The Bertz CT molecular complexity index is 960. The van der Waals surface area contributed by atoms with Crippen molar-refractivity contribution in [3.8, 4) is 11.4 Å². The van der Waals surface area contributed by atoms with Crippen LogP contribution in [0.5, 0.6) is 0 Å². The first-order valence-electron chi connectivity index (χ1n) is 7.79. The van der Waals surface area contributed by atoms with Gasteiger partial charge in [0, 0.05) is 18.3 Å². The van der Waals surface area contributed by atoms with Gasteiger partial charge < -0.3 is 9.88 Å². The lowest BCUT2D eigenvalue weighted by Gasteiger charge is -2.08. The molecule has 1 amide bonds. The highest BCUT2D eigenvalue weighted by Crippen LogP contribution is 2.28. The molecule has 2 aromatic carbocycles. The summed E-state index contributed by atoms with van der Waals surface area (Å²) < 4.78 is 15.1. The van der Waals surface area contributed by atoms with Crippen LogP contribution >= 0.6 is 23.4 Å². The number of hydrogen-bond donors (Lipinski definition) is 1. The molecule has 0 spiro atoms. The van der Waals surface area contributed by atoms with E-state index in [-0.39, 0.29) is 11.7 Å².